The number of rotatable bonds is 5. The minimum absolute atomic E-state index is 0.0390. The number of anilines is 1. The second-order valence-corrected chi connectivity index (χ2v) is 7.81. The van der Waals surface area contributed by atoms with E-state index in [0.29, 0.717) is 12.3 Å². The summed E-state index contributed by atoms with van der Waals surface area (Å²) in [5, 5.41) is 0. The molecule has 1 aromatic rings. The van der Waals surface area contributed by atoms with Crippen LogP contribution in [0.25, 0.3) is 0 Å². The first-order valence-electron chi connectivity index (χ1n) is 9.81. The van der Waals surface area contributed by atoms with E-state index in [-0.39, 0.29) is 35.5 Å². The molecule has 0 aromatic heterocycles. The average molecular weight is 368 g/mol. The van der Waals surface area contributed by atoms with Crippen LogP contribution in [-0.4, -0.2) is 56.2 Å². The van der Waals surface area contributed by atoms with Gasteiger partial charge in [-0.3, -0.25) is 19.4 Å². The number of carbonyl (C=O) groups excluding carboxylic acids is 2. The summed E-state index contributed by atoms with van der Waals surface area (Å²) in [5.41, 5.74) is 0.652. The van der Waals surface area contributed by atoms with E-state index in [1.165, 1.54) is 4.90 Å². The normalized spacial score (nSPS) is 32.4. The van der Waals surface area contributed by atoms with E-state index in [0.717, 1.165) is 45.0 Å². The highest BCUT2D eigenvalue weighted by Crippen LogP contribution is 2.53. The Kier molecular flexibility index (Phi) is 4.25. The SMILES string of the molecule is O=C1C2C3C=CC(C3)C2C(=O)N1c1ccc(OCCN2CCOCC2)cc1. The van der Waals surface area contributed by atoms with Crippen LogP contribution in [0.1, 0.15) is 6.42 Å². The van der Waals surface area contributed by atoms with Crippen molar-refractivity contribution in [3.8, 4) is 5.75 Å². The van der Waals surface area contributed by atoms with Gasteiger partial charge in [0.05, 0.1) is 30.7 Å². The summed E-state index contributed by atoms with van der Waals surface area (Å²) in [6, 6.07) is 7.32. The summed E-state index contributed by atoms with van der Waals surface area (Å²) in [4.78, 5) is 29.4. The number of fused-ring (bicyclic) bond motifs is 5. The number of imide groups is 1. The topological polar surface area (TPSA) is 59.1 Å². The second-order valence-electron chi connectivity index (χ2n) is 7.81. The lowest BCUT2D eigenvalue weighted by molar-refractivity contribution is -0.123. The Bertz CT molecular complexity index is 739. The lowest BCUT2D eigenvalue weighted by Gasteiger charge is -2.26. The average Bonchev–Trinajstić information content (AvgIpc) is 3.37. The van der Waals surface area contributed by atoms with Gasteiger partial charge in [-0.25, -0.2) is 0 Å². The van der Waals surface area contributed by atoms with Crippen molar-refractivity contribution in [1.29, 1.82) is 0 Å². The monoisotopic (exact) mass is 368 g/mol. The van der Waals surface area contributed by atoms with Crippen LogP contribution in [0.4, 0.5) is 5.69 Å². The number of hydrogen-bond donors (Lipinski definition) is 0. The van der Waals surface area contributed by atoms with Gasteiger partial charge in [-0.1, -0.05) is 12.2 Å². The molecular formula is C21H24N2O4. The van der Waals surface area contributed by atoms with E-state index in [9.17, 15) is 9.59 Å². The van der Waals surface area contributed by atoms with Crippen molar-refractivity contribution in [3.05, 3.63) is 36.4 Å². The third kappa shape index (κ3) is 2.87. The molecule has 0 radical (unpaired) electrons. The molecule has 0 N–H and O–H groups in total. The molecule has 6 heteroatoms. The smallest absolute Gasteiger partial charge is 0.238 e. The van der Waals surface area contributed by atoms with Crippen LogP contribution in [0.3, 0.4) is 0 Å². The second kappa shape index (κ2) is 6.77. The molecule has 2 aliphatic carbocycles. The highest BCUT2D eigenvalue weighted by atomic mass is 16.5. The van der Waals surface area contributed by atoms with Crippen molar-refractivity contribution in [2.75, 3.05) is 44.4 Å². The van der Waals surface area contributed by atoms with E-state index < -0.39 is 0 Å². The number of benzene rings is 1. The molecule has 4 atom stereocenters. The van der Waals surface area contributed by atoms with Crippen molar-refractivity contribution in [2.24, 2.45) is 23.7 Å². The molecule has 4 unspecified atom stereocenters. The Hall–Kier alpha value is -2.18. The van der Waals surface area contributed by atoms with Gasteiger partial charge in [-0.2, -0.15) is 0 Å². The van der Waals surface area contributed by atoms with Crippen molar-refractivity contribution in [3.63, 3.8) is 0 Å². The predicted octanol–water partition coefficient (Wildman–Crippen LogP) is 1.71. The van der Waals surface area contributed by atoms with Crippen LogP contribution in [0, 0.1) is 23.7 Å². The zero-order valence-corrected chi connectivity index (χ0v) is 15.3. The largest absolute Gasteiger partial charge is 0.492 e. The Morgan fingerprint density at radius 1 is 0.963 bits per heavy atom. The summed E-state index contributed by atoms with van der Waals surface area (Å²) in [7, 11) is 0. The molecule has 4 aliphatic rings. The van der Waals surface area contributed by atoms with Gasteiger partial charge in [0.15, 0.2) is 0 Å². The van der Waals surface area contributed by atoms with Crippen LogP contribution < -0.4 is 9.64 Å². The maximum atomic E-state index is 12.8. The lowest BCUT2D eigenvalue weighted by Crippen LogP contribution is -2.38. The molecule has 6 nitrogen and oxygen atoms in total. The fourth-order valence-corrected chi connectivity index (χ4v) is 4.97. The number of amides is 2. The zero-order chi connectivity index (χ0) is 18.4. The molecule has 27 heavy (non-hydrogen) atoms. The summed E-state index contributed by atoms with van der Waals surface area (Å²) >= 11 is 0. The molecular weight excluding hydrogens is 344 g/mol. The van der Waals surface area contributed by atoms with E-state index >= 15 is 0 Å². The Balaban J connectivity index is 1.22. The Morgan fingerprint density at radius 3 is 2.22 bits per heavy atom. The number of nitrogens with zero attached hydrogens (tertiary/aromatic N) is 2. The number of morpholine rings is 1. The first kappa shape index (κ1) is 17.0. The summed E-state index contributed by atoms with van der Waals surface area (Å²) < 4.78 is 11.2. The molecule has 1 aromatic carbocycles. The van der Waals surface area contributed by atoms with Gasteiger partial charge < -0.3 is 9.47 Å². The van der Waals surface area contributed by atoms with Gasteiger partial charge in [0.25, 0.3) is 0 Å². The van der Waals surface area contributed by atoms with Crippen LogP contribution in [0.5, 0.6) is 5.75 Å². The first-order chi connectivity index (χ1) is 13.2. The predicted molar refractivity (Wildman–Crippen MR) is 99.4 cm³/mol. The third-order valence-electron chi connectivity index (χ3n) is 6.35. The van der Waals surface area contributed by atoms with Crippen molar-refractivity contribution >= 4 is 17.5 Å². The standard InChI is InChI=1S/C21H24N2O4/c24-20-18-14-1-2-15(13-14)19(18)21(25)23(20)16-3-5-17(6-4-16)27-12-9-22-7-10-26-11-8-22/h1-6,14-15,18-19H,7-13H2. The highest BCUT2D eigenvalue weighted by Gasteiger charge is 2.59. The molecule has 2 heterocycles. The van der Waals surface area contributed by atoms with Crippen LogP contribution in [0.15, 0.2) is 36.4 Å². The lowest BCUT2D eigenvalue weighted by atomic mass is 9.85. The van der Waals surface area contributed by atoms with Gasteiger partial charge in [0, 0.05) is 19.6 Å². The Morgan fingerprint density at radius 2 is 1.59 bits per heavy atom. The highest BCUT2D eigenvalue weighted by molar-refractivity contribution is 6.22. The Labute approximate surface area is 158 Å². The van der Waals surface area contributed by atoms with Crippen LogP contribution in [0.2, 0.25) is 0 Å². The van der Waals surface area contributed by atoms with Crippen molar-refractivity contribution in [1.82, 2.24) is 4.90 Å². The first-order valence-corrected chi connectivity index (χ1v) is 9.81. The number of hydrogen-bond acceptors (Lipinski definition) is 5. The molecule has 5 rings (SSSR count). The summed E-state index contributed by atoms with van der Waals surface area (Å²) in [5.74, 6) is 0.848. The van der Waals surface area contributed by atoms with E-state index in [2.05, 4.69) is 17.1 Å². The molecule has 3 fully saturated rings. The van der Waals surface area contributed by atoms with E-state index in [4.69, 9.17) is 9.47 Å². The molecule has 2 bridgehead atoms. The molecule has 0 spiro atoms. The quantitative estimate of drug-likeness (QED) is 0.585. The minimum atomic E-state index is -0.156. The third-order valence-corrected chi connectivity index (χ3v) is 6.35. The number of ether oxygens (including phenoxy) is 2. The fraction of sp³-hybridized carbons (Fsp3) is 0.524. The van der Waals surface area contributed by atoms with Gasteiger partial charge in [0.1, 0.15) is 12.4 Å². The fourth-order valence-electron chi connectivity index (χ4n) is 4.97. The number of carbonyl (C=O) groups is 2. The van der Waals surface area contributed by atoms with E-state index in [1.807, 2.05) is 24.3 Å². The summed E-state index contributed by atoms with van der Waals surface area (Å²) in [6.07, 6.45) is 5.19. The minimum Gasteiger partial charge on any atom is -0.492 e. The maximum Gasteiger partial charge on any atom is 0.238 e. The van der Waals surface area contributed by atoms with Gasteiger partial charge in [-0.05, 0) is 42.5 Å². The van der Waals surface area contributed by atoms with Gasteiger partial charge in [0.2, 0.25) is 11.8 Å². The van der Waals surface area contributed by atoms with Crippen molar-refractivity contribution in [2.45, 2.75) is 6.42 Å². The van der Waals surface area contributed by atoms with E-state index in [1.54, 1.807) is 0 Å². The molecule has 2 saturated heterocycles. The molecule has 1 saturated carbocycles. The number of allylic oxidation sites excluding steroid dienone is 2. The maximum absolute atomic E-state index is 12.8. The zero-order valence-electron chi connectivity index (χ0n) is 15.3. The summed E-state index contributed by atoms with van der Waals surface area (Å²) in [6.45, 7) is 4.94. The molecule has 2 aliphatic heterocycles. The van der Waals surface area contributed by atoms with Gasteiger partial charge >= 0.3 is 0 Å². The van der Waals surface area contributed by atoms with Crippen LogP contribution >= 0.6 is 0 Å². The van der Waals surface area contributed by atoms with Gasteiger partial charge in [-0.15, -0.1) is 0 Å². The molecule has 2 amide bonds. The van der Waals surface area contributed by atoms with Crippen molar-refractivity contribution < 1.29 is 19.1 Å². The van der Waals surface area contributed by atoms with Crippen LogP contribution in [-0.2, 0) is 14.3 Å². The molecule has 142 valence electrons.